The molecule has 0 radical (unpaired) electrons. The minimum Gasteiger partial charge on any atom is -0.652 e. The van der Waals surface area contributed by atoms with Gasteiger partial charge in [0.15, 0.2) is 0 Å². The van der Waals surface area contributed by atoms with Crippen molar-refractivity contribution in [2.45, 2.75) is 6.92 Å². The van der Waals surface area contributed by atoms with Crippen molar-refractivity contribution in [3.63, 3.8) is 0 Å². The van der Waals surface area contributed by atoms with Crippen molar-refractivity contribution in [1.82, 2.24) is 0 Å². The van der Waals surface area contributed by atoms with Gasteiger partial charge in [-0.2, -0.15) is 0 Å². The maximum Gasteiger partial charge on any atom is 1.00 e. The third-order valence-corrected chi connectivity index (χ3v) is 0.706. The van der Waals surface area contributed by atoms with E-state index in [4.69, 9.17) is 15.0 Å². The monoisotopic (exact) mass is 492 g/mol. The average Bonchev–Trinajstić information content (AvgIpc) is 1.82. The molecule has 0 spiro atoms. The molecule has 0 aliphatic rings. The third-order valence-electron chi connectivity index (χ3n) is 0.382. The second kappa shape index (κ2) is 20.7. The molecule has 0 aliphatic heterocycles. The molecule has 0 bridgehead atoms. The smallest absolute Gasteiger partial charge is 0.652 e. The van der Waals surface area contributed by atoms with E-state index < -0.39 is 6.16 Å². The van der Waals surface area contributed by atoms with Crippen LogP contribution in [0, 0.1) is 0 Å². The first kappa shape index (κ1) is 25.2. The SMILES string of the molecule is CC(=O)OCCBr.O=C([O-])[O-].[Cs+].[Cs+]. The zero-order valence-electron chi connectivity index (χ0n) is 7.83. The second-order valence-electron chi connectivity index (χ2n) is 1.28. The molecule has 8 heteroatoms. The summed E-state index contributed by atoms with van der Waals surface area (Å²) in [5.41, 5.74) is 0. The van der Waals surface area contributed by atoms with E-state index in [1.807, 2.05) is 0 Å². The number of ether oxygens (including phenoxy) is 1. The van der Waals surface area contributed by atoms with Crippen LogP contribution in [0.15, 0.2) is 0 Å². The van der Waals surface area contributed by atoms with Crippen LogP contribution in [-0.4, -0.2) is 24.1 Å². The number of carbonyl (C=O) groups excluding carboxylic acids is 2. The molecule has 0 fully saturated rings. The topological polar surface area (TPSA) is 89.5 Å². The van der Waals surface area contributed by atoms with Crippen molar-refractivity contribution in [1.29, 1.82) is 0 Å². The molecular weight excluding hydrogens is 486 g/mol. The Labute approximate surface area is 203 Å². The van der Waals surface area contributed by atoms with E-state index in [-0.39, 0.29) is 144 Å². The first-order valence-corrected chi connectivity index (χ1v) is 3.70. The second-order valence-corrected chi connectivity index (χ2v) is 2.07. The Morgan fingerprint density at radius 3 is 1.69 bits per heavy atom. The van der Waals surface area contributed by atoms with Crippen molar-refractivity contribution in [2.75, 3.05) is 11.9 Å². The first-order chi connectivity index (χ1) is 5.00. The van der Waals surface area contributed by atoms with Crippen molar-refractivity contribution in [2.24, 2.45) is 0 Å². The molecule has 0 heterocycles. The van der Waals surface area contributed by atoms with E-state index in [1.165, 1.54) is 6.92 Å². The van der Waals surface area contributed by atoms with Gasteiger partial charge in [-0.25, -0.2) is 0 Å². The van der Waals surface area contributed by atoms with Crippen LogP contribution in [0.25, 0.3) is 0 Å². The van der Waals surface area contributed by atoms with Crippen molar-refractivity contribution < 1.29 is 162 Å². The third kappa shape index (κ3) is 50.7. The Morgan fingerprint density at radius 2 is 1.62 bits per heavy atom. The van der Waals surface area contributed by atoms with Crippen LogP contribution in [0.4, 0.5) is 4.79 Å². The Balaban J connectivity index is -0.0000000600. The molecule has 0 aromatic heterocycles. The summed E-state index contributed by atoms with van der Waals surface area (Å²) >= 11 is 3.10. The maximum absolute atomic E-state index is 9.96. The molecule has 0 aromatic carbocycles. The molecule has 0 saturated carbocycles. The molecule has 0 aromatic rings. The van der Waals surface area contributed by atoms with Gasteiger partial charge in [0.05, 0.1) is 0 Å². The van der Waals surface area contributed by atoms with E-state index in [9.17, 15) is 4.79 Å². The van der Waals surface area contributed by atoms with Gasteiger partial charge in [-0.3, -0.25) is 4.79 Å². The van der Waals surface area contributed by atoms with E-state index in [2.05, 4.69) is 20.7 Å². The normalized spacial score (nSPS) is 6.31. The van der Waals surface area contributed by atoms with Crippen LogP contribution in [-0.2, 0) is 9.53 Å². The zero-order valence-corrected chi connectivity index (χ0v) is 22.0. The number of hydrogen-bond acceptors (Lipinski definition) is 5. The summed E-state index contributed by atoms with van der Waals surface area (Å²) in [6, 6.07) is 0. The molecule has 0 N–H and O–H groups in total. The van der Waals surface area contributed by atoms with E-state index in [0.717, 1.165) is 0 Å². The predicted octanol–water partition coefficient (Wildman–Crippen LogP) is -7.49. The summed E-state index contributed by atoms with van der Waals surface area (Å²) in [4.78, 5) is 18.3. The summed E-state index contributed by atoms with van der Waals surface area (Å²) in [6.07, 6.45) is -2.33. The van der Waals surface area contributed by atoms with Crippen LogP contribution in [0.3, 0.4) is 0 Å². The van der Waals surface area contributed by atoms with Crippen molar-refractivity contribution >= 4 is 28.1 Å². The van der Waals surface area contributed by atoms with Gasteiger partial charge in [0.1, 0.15) is 6.61 Å². The van der Waals surface area contributed by atoms with Crippen LogP contribution in [0.5, 0.6) is 0 Å². The summed E-state index contributed by atoms with van der Waals surface area (Å²) in [5, 5.41) is 17.4. The number of esters is 1. The first-order valence-electron chi connectivity index (χ1n) is 2.58. The van der Waals surface area contributed by atoms with Gasteiger partial charge in [0.2, 0.25) is 0 Å². The largest absolute Gasteiger partial charge is 1.00 e. The van der Waals surface area contributed by atoms with Crippen LogP contribution in [0.2, 0.25) is 0 Å². The van der Waals surface area contributed by atoms with Gasteiger partial charge >= 0.3 is 144 Å². The molecule has 0 atom stereocenters. The van der Waals surface area contributed by atoms with E-state index >= 15 is 0 Å². The number of rotatable bonds is 2. The number of carbonyl (C=O) groups is 2. The fraction of sp³-hybridized carbons (Fsp3) is 0.600. The molecule has 0 rings (SSSR count). The number of halogens is 1. The number of hydrogen-bond donors (Lipinski definition) is 0. The summed E-state index contributed by atoms with van der Waals surface area (Å²) < 4.78 is 4.51. The minimum atomic E-state index is -2.33. The molecule has 0 saturated heterocycles. The van der Waals surface area contributed by atoms with Gasteiger partial charge in [-0.05, 0) is 6.16 Å². The van der Waals surface area contributed by atoms with Gasteiger partial charge < -0.3 is 19.7 Å². The molecule has 0 aliphatic carbocycles. The summed E-state index contributed by atoms with van der Waals surface area (Å²) in [6.45, 7) is 1.86. The van der Waals surface area contributed by atoms with Crippen molar-refractivity contribution in [3.8, 4) is 0 Å². The molecule has 13 heavy (non-hydrogen) atoms. The van der Waals surface area contributed by atoms with Gasteiger partial charge in [0, 0.05) is 12.3 Å². The maximum atomic E-state index is 9.96. The summed E-state index contributed by atoms with van der Waals surface area (Å²) in [7, 11) is 0. The molecular formula is C5H7BrCs2O5. The Hall–Kier alpha value is 3.32. The minimum absolute atomic E-state index is 0. The van der Waals surface area contributed by atoms with Crippen LogP contribution < -0.4 is 148 Å². The van der Waals surface area contributed by atoms with E-state index in [1.54, 1.807) is 0 Å². The van der Waals surface area contributed by atoms with Crippen LogP contribution in [0.1, 0.15) is 6.92 Å². The van der Waals surface area contributed by atoms with Crippen LogP contribution >= 0.6 is 15.9 Å². The van der Waals surface area contributed by atoms with Gasteiger partial charge in [-0.1, -0.05) is 15.9 Å². The van der Waals surface area contributed by atoms with Gasteiger partial charge in [-0.15, -0.1) is 0 Å². The predicted molar refractivity (Wildman–Crippen MR) is 35.8 cm³/mol. The molecule has 0 unspecified atom stereocenters. The van der Waals surface area contributed by atoms with Gasteiger partial charge in [0.25, 0.3) is 0 Å². The molecule has 5 nitrogen and oxygen atoms in total. The molecule has 0 amide bonds. The number of carboxylic acid groups (broad SMARTS) is 2. The Morgan fingerprint density at radius 1 is 1.31 bits per heavy atom. The zero-order chi connectivity index (χ0) is 9.28. The van der Waals surface area contributed by atoms with Crippen molar-refractivity contribution in [3.05, 3.63) is 0 Å². The fourth-order valence-corrected chi connectivity index (χ4v) is 0.344. The Kier molecular flexibility index (Phi) is 40.2. The standard InChI is InChI=1S/C4H7BrO2.CH2O3.2Cs/c1-4(6)7-3-2-5;2-1(3)4;;/h2-3H2,1H3;(H2,2,3,4);;/q;;2*+1/p-2. The number of alkyl halides is 1. The molecule has 66 valence electrons. The fourth-order valence-electron chi connectivity index (χ4n) is 0.182. The van der Waals surface area contributed by atoms with E-state index in [0.29, 0.717) is 11.9 Å². The quantitative estimate of drug-likeness (QED) is 0.282. The Bertz CT molecular complexity index is 128. The summed E-state index contributed by atoms with van der Waals surface area (Å²) in [5.74, 6) is -0.223. The average molecular weight is 493 g/mol.